The summed E-state index contributed by atoms with van der Waals surface area (Å²) in [7, 11) is 0. The average molecular weight is 358 g/mol. The first-order valence-corrected chi connectivity index (χ1v) is 6.57. The van der Waals surface area contributed by atoms with Crippen molar-refractivity contribution in [3.05, 3.63) is 0 Å². The lowest BCUT2D eigenvalue weighted by atomic mass is 9.74. The maximum atomic E-state index is 13.8. The lowest BCUT2D eigenvalue weighted by molar-refractivity contribution is -0.306. The fourth-order valence-corrected chi connectivity index (χ4v) is 2.45. The van der Waals surface area contributed by atoms with Crippen molar-refractivity contribution in [2.75, 3.05) is 4.43 Å². The Morgan fingerprint density at radius 1 is 1.12 bits per heavy atom. The summed E-state index contributed by atoms with van der Waals surface area (Å²) < 4.78 is 66.2. The highest BCUT2D eigenvalue weighted by atomic mass is 127. The van der Waals surface area contributed by atoms with Crippen LogP contribution in [-0.2, 0) is 0 Å². The molecule has 0 saturated carbocycles. The van der Waals surface area contributed by atoms with Crippen LogP contribution < -0.4 is 0 Å². The van der Waals surface area contributed by atoms with Gasteiger partial charge in [-0.1, -0.05) is 36.4 Å². The van der Waals surface area contributed by atoms with E-state index in [4.69, 9.17) is 0 Å². The first-order chi connectivity index (χ1) is 7.04. The summed E-state index contributed by atoms with van der Waals surface area (Å²) >= 11 is 1.89. The Kier molecular flexibility index (Phi) is 5.48. The van der Waals surface area contributed by atoms with Gasteiger partial charge >= 0.3 is 6.18 Å². The van der Waals surface area contributed by atoms with E-state index in [1.54, 1.807) is 0 Å². The summed E-state index contributed by atoms with van der Waals surface area (Å²) in [6.07, 6.45) is -5.42. The second-order valence-electron chi connectivity index (χ2n) is 4.19. The zero-order valence-corrected chi connectivity index (χ0v) is 11.6. The Labute approximate surface area is 106 Å². The predicted octanol–water partition coefficient (Wildman–Crippen LogP) is 5.06. The Morgan fingerprint density at radius 2 is 1.56 bits per heavy atom. The molecule has 16 heavy (non-hydrogen) atoms. The lowest BCUT2D eigenvalue weighted by Crippen LogP contribution is -2.53. The second-order valence-corrected chi connectivity index (χ2v) is 5.26. The van der Waals surface area contributed by atoms with Crippen molar-refractivity contribution in [1.82, 2.24) is 0 Å². The molecule has 0 aliphatic heterocycles. The molecular formula is C10H16F5I. The van der Waals surface area contributed by atoms with Gasteiger partial charge in [0.05, 0.1) is 0 Å². The van der Waals surface area contributed by atoms with E-state index in [0.29, 0.717) is 11.4 Å². The first kappa shape index (κ1) is 16.4. The van der Waals surface area contributed by atoms with E-state index in [2.05, 4.69) is 0 Å². The minimum absolute atomic E-state index is 0.0826. The summed E-state index contributed by atoms with van der Waals surface area (Å²) in [5, 5.41) is 0. The van der Waals surface area contributed by atoms with Crippen molar-refractivity contribution in [3.8, 4) is 0 Å². The van der Waals surface area contributed by atoms with E-state index in [9.17, 15) is 22.0 Å². The Hall–Kier alpha value is 0.380. The summed E-state index contributed by atoms with van der Waals surface area (Å²) in [5.74, 6) is -5.00. The molecule has 0 fully saturated rings. The van der Waals surface area contributed by atoms with Crippen LogP contribution in [0.5, 0.6) is 0 Å². The number of rotatable bonds is 5. The maximum absolute atomic E-state index is 13.8. The number of halogens is 6. The van der Waals surface area contributed by atoms with Gasteiger partial charge in [-0.25, -0.2) is 8.78 Å². The molecule has 0 heterocycles. The molecule has 0 aliphatic rings. The third-order valence-corrected chi connectivity index (χ3v) is 3.85. The fraction of sp³-hybridized carbons (Fsp3) is 1.00. The van der Waals surface area contributed by atoms with Gasteiger partial charge in [-0.15, -0.1) is 0 Å². The van der Waals surface area contributed by atoms with Crippen LogP contribution in [0.3, 0.4) is 0 Å². The van der Waals surface area contributed by atoms with Crippen LogP contribution in [-0.4, -0.2) is 16.5 Å². The smallest absolute Gasteiger partial charge is 0.206 e. The zero-order valence-electron chi connectivity index (χ0n) is 9.47. The van der Waals surface area contributed by atoms with Crippen molar-refractivity contribution >= 4 is 22.6 Å². The molecular weight excluding hydrogens is 342 g/mol. The molecule has 6 heteroatoms. The number of hydrogen-bond donors (Lipinski definition) is 0. The molecule has 0 radical (unpaired) electrons. The van der Waals surface area contributed by atoms with Crippen molar-refractivity contribution < 1.29 is 22.0 Å². The standard InChI is InChI=1S/C10H16F5I/c1-4-8(3,10(13,14)15)9(11,12)7(2)5-6-16/h7H,4-6H2,1-3H3. The number of alkyl halides is 6. The Balaban J connectivity index is 5.22. The van der Waals surface area contributed by atoms with E-state index in [-0.39, 0.29) is 6.42 Å². The molecule has 0 aromatic rings. The zero-order chi connectivity index (χ0) is 13.2. The molecule has 0 N–H and O–H groups in total. The van der Waals surface area contributed by atoms with Crippen LogP contribution in [0.15, 0.2) is 0 Å². The SMILES string of the molecule is CCC(C)(C(F)(F)F)C(F)(F)C(C)CCI. The van der Waals surface area contributed by atoms with Crippen molar-refractivity contribution in [1.29, 1.82) is 0 Å². The minimum atomic E-state index is -4.88. The normalized spacial score (nSPS) is 19.3. The minimum Gasteiger partial charge on any atom is -0.206 e. The van der Waals surface area contributed by atoms with Gasteiger partial charge < -0.3 is 0 Å². The Morgan fingerprint density at radius 3 is 1.81 bits per heavy atom. The van der Waals surface area contributed by atoms with Crippen LogP contribution >= 0.6 is 22.6 Å². The molecule has 0 rings (SSSR count). The van der Waals surface area contributed by atoms with Crippen molar-refractivity contribution in [2.45, 2.75) is 45.7 Å². The van der Waals surface area contributed by atoms with Crippen LogP contribution in [0.1, 0.15) is 33.6 Å². The third kappa shape index (κ3) is 2.79. The molecule has 0 saturated heterocycles. The highest BCUT2D eigenvalue weighted by molar-refractivity contribution is 14.1. The fourth-order valence-electron chi connectivity index (χ4n) is 1.51. The van der Waals surface area contributed by atoms with Gasteiger partial charge in [0.2, 0.25) is 0 Å². The third-order valence-electron chi connectivity index (χ3n) is 3.23. The first-order valence-electron chi connectivity index (χ1n) is 5.05. The molecule has 0 bridgehead atoms. The van der Waals surface area contributed by atoms with Gasteiger partial charge in [0.25, 0.3) is 5.92 Å². The van der Waals surface area contributed by atoms with Gasteiger partial charge in [0.1, 0.15) is 5.41 Å². The van der Waals surface area contributed by atoms with Crippen LogP contribution in [0.25, 0.3) is 0 Å². The summed E-state index contributed by atoms with van der Waals surface area (Å²) in [4.78, 5) is 0. The second kappa shape index (κ2) is 5.35. The topological polar surface area (TPSA) is 0 Å². The highest BCUT2D eigenvalue weighted by Gasteiger charge is 2.66. The molecule has 2 unspecified atom stereocenters. The van der Waals surface area contributed by atoms with E-state index in [1.165, 1.54) is 6.92 Å². The summed E-state index contributed by atoms with van der Waals surface area (Å²) in [6, 6.07) is 0. The van der Waals surface area contributed by atoms with E-state index in [1.807, 2.05) is 22.6 Å². The van der Waals surface area contributed by atoms with E-state index >= 15 is 0 Å². The molecule has 0 aromatic heterocycles. The quantitative estimate of drug-likeness (QED) is 0.366. The van der Waals surface area contributed by atoms with Crippen molar-refractivity contribution in [2.24, 2.45) is 11.3 Å². The van der Waals surface area contributed by atoms with E-state index < -0.39 is 29.9 Å². The highest BCUT2D eigenvalue weighted by Crippen LogP contribution is 2.54. The average Bonchev–Trinajstić information content (AvgIpc) is 2.14. The van der Waals surface area contributed by atoms with Gasteiger partial charge in [0, 0.05) is 5.92 Å². The van der Waals surface area contributed by atoms with Gasteiger partial charge in [-0.3, -0.25) is 0 Å². The summed E-state index contributed by atoms with van der Waals surface area (Å²) in [6.45, 7) is 2.94. The van der Waals surface area contributed by atoms with E-state index in [0.717, 1.165) is 6.92 Å². The molecule has 0 nitrogen and oxygen atoms in total. The Bertz CT molecular complexity index is 226. The lowest BCUT2D eigenvalue weighted by Gasteiger charge is -2.41. The molecule has 0 aliphatic carbocycles. The van der Waals surface area contributed by atoms with Crippen LogP contribution in [0.2, 0.25) is 0 Å². The van der Waals surface area contributed by atoms with Gasteiger partial charge in [-0.2, -0.15) is 13.2 Å². The van der Waals surface area contributed by atoms with Crippen LogP contribution in [0.4, 0.5) is 22.0 Å². The maximum Gasteiger partial charge on any atom is 0.399 e. The molecule has 2 atom stereocenters. The van der Waals surface area contributed by atoms with Crippen LogP contribution in [0, 0.1) is 11.3 Å². The van der Waals surface area contributed by atoms with Gasteiger partial charge in [0.15, 0.2) is 0 Å². The van der Waals surface area contributed by atoms with Gasteiger partial charge in [-0.05, 0) is 24.2 Å². The molecule has 0 spiro atoms. The monoisotopic (exact) mass is 358 g/mol. The predicted molar refractivity (Wildman–Crippen MR) is 62.1 cm³/mol. The number of hydrogen-bond acceptors (Lipinski definition) is 0. The molecule has 0 aromatic carbocycles. The largest absolute Gasteiger partial charge is 0.399 e. The molecule has 98 valence electrons. The summed E-state index contributed by atoms with van der Waals surface area (Å²) in [5.41, 5.74) is -2.94. The molecule has 0 amide bonds. The van der Waals surface area contributed by atoms with Crippen molar-refractivity contribution in [3.63, 3.8) is 0 Å².